The summed E-state index contributed by atoms with van der Waals surface area (Å²) in [6, 6.07) is 8.90. The third-order valence-corrected chi connectivity index (χ3v) is 6.81. The smallest absolute Gasteiger partial charge is 0.416 e. The van der Waals surface area contributed by atoms with Crippen LogP contribution in [-0.2, 0) is 17.4 Å². The average molecular weight is 507 g/mol. The van der Waals surface area contributed by atoms with E-state index in [9.17, 15) is 23.1 Å². The normalized spacial score (nSPS) is 12.0. The number of aryl methyl sites for hydroxylation is 2. The molecule has 0 saturated heterocycles. The number of alkyl halides is 3. The third-order valence-electron chi connectivity index (χ3n) is 5.86. The zero-order valence-corrected chi connectivity index (χ0v) is 21.2. The number of aliphatic carboxylic acids is 1. The molecule has 0 bridgehead atoms. The Morgan fingerprint density at radius 2 is 1.77 bits per heavy atom. The molecule has 3 aromatic rings. The molecule has 1 aromatic heterocycles. The zero-order valence-electron chi connectivity index (χ0n) is 20.4. The lowest BCUT2D eigenvalue weighted by atomic mass is 9.84. The topological polar surface area (TPSA) is 62.7 Å². The van der Waals surface area contributed by atoms with Crippen LogP contribution in [-0.4, -0.2) is 36.3 Å². The van der Waals surface area contributed by atoms with Gasteiger partial charge in [0.1, 0.15) is 12.4 Å². The molecule has 0 amide bonds. The molecule has 188 valence electrons. The van der Waals surface area contributed by atoms with Gasteiger partial charge >= 0.3 is 12.1 Å². The van der Waals surface area contributed by atoms with Gasteiger partial charge in [-0.1, -0.05) is 18.2 Å². The molecule has 0 atom stereocenters. The molecule has 3 rings (SSSR count). The zero-order chi connectivity index (χ0) is 26.0. The fraction of sp³-hybridized carbons (Fsp3) is 0.385. The number of hydrogen-bond acceptors (Lipinski definition) is 5. The Kier molecular flexibility index (Phi) is 7.79. The molecule has 0 aliphatic heterocycles. The predicted octanol–water partition coefficient (Wildman–Crippen LogP) is 6.61. The lowest BCUT2D eigenvalue weighted by molar-refractivity contribution is -0.146. The first-order valence-electron chi connectivity index (χ1n) is 11.1. The summed E-state index contributed by atoms with van der Waals surface area (Å²) in [5.74, 6) is -0.0843. The molecule has 0 fully saturated rings. The average Bonchev–Trinajstić information content (AvgIpc) is 3.26. The molecule has 5 nitrogen and oxygen atoms in total. The Bertz CT molecular complexity index is 1190. The second-order valence-corrected chi connectivity index (χ2v) is 10.1. The number of halogens is 3. The maximum atomic E-state index is 12.8. The lowest BCUT2D eigenvalue weighted by Gasteiger charge is -2.22. The number of benzene rings is 2. The van der Waals surface area contributed by atoms with E-state index in [0.29, 0.717) is 30.8 Å². The van der Waals surface area contributed by atoms with Crippen molar-refractivity contribution in [3.63, 3.8) is 0 Å². The summed E-state index contributed by atoms with van der Waals surface area (Å²) in [4.78, 5) is 18.0. The van der Waals surface area contributed by atoms with Crippen LogP contribution in [0.2, 0.25) is 0 Å². The third kappa shape index (κ3) is 6.54. The Labute approximate surface area is 207 Å². The maximum absolute atomic E-state index is 12.8. The molecule has 35 heavy (non-hydrogen) atoms. The fourth-order valence-corrected chi connectivity index (χ4v) is 4.37. The quantitative estimate of drug-likeness (QED) is 0.354. The summed E-state index contributed by atoms with van der Waals surface area (Å²) >= 11 is 1.41. The van der Waals surface area contributed by atoms with Gasteiger partial charge in [-0.3, -0.25) is 4.79 Å². The Morgan fingerprint density at radius 3 is 2.37 bits per heavy atom. The number of carboxylic acids is 1. The van der Waals surface area contributed by atoms with Crippen LogP contribution in [0.5, 0.6) is 5.75 Å². The van der Waals surface area contributed by atoms with Crippen molar-refractivity contribution >= 4 is 22.4 Å². The molecule has 0 spiro atoms. The summed E-state index contributed by atoms with van der Waals surface area (Å²) in [7, 11) is 1.88. The van der Waals surface area contributed by atoms with E-state index in [1.807, 2.05) is 43.3 Å². The number of rotatable bonds is 9. The van der Waals surface area contributed by atoms with Crippen molar-refractivity contribution in [2.45, 2.75) is 40.3 Å². The van der Waals surface area contributed by atoms with Crippen LogP contribution in [0.3, 0.4) is 0 Å². The molecule has 0 unspecified atom stereocenters. The van der Waals surface area contributed by atoms with Crippen molar-refractivity contribution in [3.05, 3.63) is 64.0 Å². The summed E-state index contributed by atoms with van der Waals surface area (Å²) in [6.45, 7) is 8.28. The molecule has 1 N–H and O–H groups in total. The van der Waals surface area contributed by atoms with Crippen molar-refractivity contribution < 1.29 is 27.8 Å². The number of ether oxygens (including phenoxy) is 1. The highest BCUT2D eigenvalue weighted by molar-refractivity contribution is 7.14. The monoisotopic (exact) mass is 506 g/mol. The first kappa shape index (κ1) is 26.5. The van der Waals surface area contributed by atoms with Gasteiger partial charge in [-0.05, 0) is 69.0 Å². The highest BCUT2D eigenvalue weighted by Crippen LogP contribution is 2.33. The highest BCUT2D eigenvalue weighted by Gasteiger charge is 2.30. The van der Waals surface area contributed by atoms with Gasteiger partial charge in [0.2, 0.25) is 0 Å². The predicted molar refractivity (Wildman–Crippen MR) is 132 cm³/mol. The van der Waals surface area contributed by atoms with Crippen LogP contribution in [0.1, 0.15) is 36.1 Å². The molecular formula is C26H29F3N2O3S. The van der Waals surface area contributed by atoms with E-state index in [4.69, 9.17) is 4.74 Å². The minimum Gasteiger partial charge on any atom is -0.491 e. The van der Waals surface area contributed by atoms with Crippen LogP contribution >= 0.6 is 11.3 Å². The number of hydrogen-bond donors (Lipinski definition) is 1. The number of thiazole rings is 1. The second-order valence-electron chi connectivity index (χ2n) is 9.27. The van der Waals surface area contributed by atoms with E-state index in [1.54, 1.807) is 13.8 Å². The maximum Gasteiger partial charge on any atom is 0.416 e. The van der Waals surface area contributed by atoms with Crippen molar-refractivity contribution in [2.75, 3.05) is 25.1 Å². The number of carboxylic acid groups (broad SMARTS) is 1. The van der Waals surface area contributed by atoms with Crippen LogP contribution in [0.4, 0.5) is 18.3 Å². The number of aromatic nitrogens is 1. The first-order chi connectivity index (χ1) is 16.3. The molecule has 1 heterocycles. The van der Waals surface area contributed by atoms with Gasteiger partial charge in [0.25, 0.3) is 0 Å². The van der Waals surface area contributed by atoms with Crippen LogP contribution in [0.15, 0.2) is 41.8 Å². The molecule has 0 aliphatic rings. The highest BCUT2D eigenvalue weighted by atomic mass is 32.1. The molecular weight excluding hydrogens is 477 g/mol. The van der Waals surface area contributed by atoms with Crippen molar-refractivity contribution in [1.82, 2.24) is 4.98 Å². The minimum atomic E-state index is -4.36. The Balaban J connectivity index is 1.60. The number of anilines is 1. The van der Waals surface area contributed by atoms with Crippen molar-refractivity contribution in [3.8, 4) is 17.0 Å². The number of carbonyl (C=O) groups is 1. The largest absolute Gasteiger partial charge is 0.491 e. The van der Waals surface area contributed by atoms with Gasteiger partial charge < -0.3 is 14.7 Å². The van der Waals surface area contributed by atoms with Crippen molar-refractivity contribution in [2.24, 2.45) is 5.41 Å². The second kappa shape index (κ2) is 10.3. The summed E-state index contributed by atoms with van der Waals surface area (Å²) in [6.07, 6.45) is -3.93. The fourth-order valence-electron chi connectivity index (χ4n) is 3.54. The van der Waals surface area contributed by atoms with E-state index < -0.39 is 23.1 Å². The number of nitrogens with zero attached hydrogens (tertiary/aromatic N) is 2. The molecule has 0 saturated carbocycles. The Morgan fingerprint density at radius 1 is 1.11 bits per heavy atom. The molecule has 9 heteroatoms. The molecule has 0 radical (unpaired) electrons. The van der Waals surface area contributed by atoms with Crippen LogP contribution in [0, 0.1) is 19.3 Å². The summed E-state index contributed by atoms with van der Waals surface area (Å²) in [5.41, 5.74) is 2.62. The van der Waals surface area contributed by atoms with Gasteiger partial charge in [-0.2, -0.15) is 13.2 Å². The van der Waals surface area contributed by atoms with Crippen LogP contribution < -0.4 is 9.64 Å². The van der Waals surface area contributed by atoms with Gasteiger partial charge in [0, 0.05) is 18.0 Å². The van der Waals surface area contributed by atoms with Gasteiger partial charge in [0.15, 0.2) is 5.13 Å². The van der Waals surface area contributed by atoms with E-state index in [-0.39, 0.29) is 0 Å². The Hall–Kier alpha value is -3.07. The summed E-state index contributed by atoms with van der Waals surface area (Å²) < 4.78 is 44.3. The van der Waals surface area contributed by atoms with Gasteiger partial charge in [-0.25, -0.2) is 4.98 Å². The SMILES string of the molecule is Cc1cc(OCCN(C)c2nc(-c3ccc(C(F)(F)F)cc3)cs2)c(C)cc1CC(C)(C)C(=O)O. The van der Waals surface area contributed by atoms with E-state index in [1.165, 1.54) is 23.5 Å². The minimum absolute atomic E-state index is 0.409. The summed E-state index contributed by atoms with van der Waals surface area (Å²) in [5, 5.41) is 12.0. The van der Waals surface area contributed by atoms with Crippen LogP contribution in [0.25, 0.3) is 11.3 Å². The standard InChI is InChI=1S/C26H29F3N2O3S/c1-16-13-22(17(2)12-19(16)14-25(3,4)23(32)33)34-11-10-31(5)24-30-21(15-35-24)18-6-8-20(9-7-18)26(27,28)29/h6-9,12-13,15H,10-11,14H2,1-5H3,(H,32,33). The van der Waals surface area contributed by atoms with Gasteiger partial charge in [0.05, 0.1) is 23.2 Å². The number of likely N-dealkylation sites (N-methyl/N-ethyl adjacent to an activating group) is 1. The first-order valence-corrected chi connectivity index (χ1v) is 12.0. The molecule has 0 aliphatic carbocycles. The van der Waals surface area contributed by atoms with Crippen molar-refractivity contribution in [1.29, 1.82) is 0 Å². The van der Waals surface area contributed by atoms with E-state index in [2.05, 4.69) is 4.98 Å². The van der Waals surface area contributed by atoms with Gasteiger partial charge in [-0.15, -0.1) is 11.3 Å². The lowest BCUT2D eigenvalue weighted by Crippen LogP contribution is -2.26. The molecule has 2 aromatic carbocycles. The van der Waals surface area contributed by atoms with E-state index in [0.717, 1.165) is 39.7 Å². The van der Waals surface area contributed by atoms with E-state index >= 15 is 0 Å².